The molecule has 36 heavy (non-hydrogen) atoms. The molecule has 200 valence electrons. The summed E-state index contributed by atoms with van der Waals surface area (Å²) in [4.78, 5) is 25.5. The molecule has 3 aliphatic rings. The maximum Gasteiger partial charge on any atom is 0.303 e. The molecular weight excluding hydrogens is 488 g/mol. The molecule has 6 nitrogen and oxygen atoms in total. The quantitative estimate of drug-likeness (QED) is 0.339. The number of nitrogens with one attached hydrogen (secondary N) is 1. The van der Waals surface area contributed by atoms with Gasteiger partial charge in [-0.2, -0.15) is 0 Å². The molecule has 9 heteroatoms. The first kappa shape index (κ1) is 28.5. The number of carboxylic acid groups (broad SMARTS) is 1. The first-order valence-corrected chi connectivity index (χ1v) is 13.3. The average molecular weight is 526 g/mol. The molecule has 0 saturated carbocycles. The van der Waals surface area contributed by atoms with Crippen LogP contribution in [0.1, 0.15) is 68.9 Å². The second-order valence-electron chi connectivity index (χ2n) is 10.0. The van der Waals surface area contributed by atoms with Crippen molar-refractivity contribution >= 4 is 24.0 Å². The molecule has 2 saturated heterocycles. The fraction of sp³-hybridized carbons (Fsp3) is 0.630. The fourth-order valence-electron chi connectivity index (χ4n) is 5.33. The molecule has 2 heterocycles. The maximum atomic E-state index is 13.0. The number of likely N-dealkylation sites (tertiary alicyclic amines) is 2. The smallest absolute Gasteiger partial charge is 0.303 e. The van der Waals surface area contributed by atoms with E-state index in [4.69, 9.17) is 16.7 Å². The molecule has 0 spiro atoms. The van der Waals surface area contributed by atoms with E-state index >= 15 is 0 Å². The lowest BCUT2D eigenvalue weighted by molar-refractivity contribution is -0.138. The summed E-state index contributed by atoms with van der Waals surface area (Å²) < 4.78 is 26.0. The van der Waals surface area contributed by atoms with Crippen LogP contribution in [0.3, 0.4) is 0 Å². The molecule has 1 aromatic rings. The summed E-state index contributed by atoms with van der Waals surface area (Å²) >= 11 is 6.02. The number of rotatable bonds is 9. The molecule has 2 aliphatic heterocycles. The van der Waals surface area contributed by atoms with Gasteiger partial charge in [0.05, 0.1) is 0 Å². The number of aliphatic carboxylic acids is 1. The van der Waals surface area contributed by atoms with Gasteiger partial charge in [0.2, 0.25) is 6.41 Å². The monoisotopic (exact) mass is 525 g/mol. The van der Waals surface area contributed by atoms with Gasteiger partial charge in [-0.15, -0.1) is 0 Å². The lowest BCUT2D eigenvalue weighted by Gasteiger charge is -2.32. The number of piperidine rings is 1. The van der Waals surface area contributed by atoms with Gasteiger partial charge < -0.3 is 10.4 Å². The third-order valence-corrected chi connectivity index (χ3v) is 7.66. The van der Waals surface area contributed by atoms with E-state index < -0.39 is 12.4 Å². The zero-order valence-corrected chi connectivity index (χ0v) is 21.6. The van der Waals surface area contributed by atoms with Crippen LogP contribution in [0.15, 0.2) is 29.8 Å². The van der Waals surface area contributed by atoms with Gasteiger partial charge in [0.25, 0.3) is 6.43 Å². The van der Waals surface area contributed by atoms with Crippen molar-refractivity contribution in [2.75, 3.05) is 32.7 Å². The first-order chi connectivity index (χ1) is 17.4. The van der Waals surface area contributed by atoms with Crippen LogP contribution in [0.4, 0.5) is 8.78 Å². The molecule has 4 rings (SSSR count). The van der Waals surface area contributed by atoms with E-state index in [9.17, 15) is 18.4 Å². The third-order valence-electron chi connectivity index (χ3n) is 7.31. The van der Waals surface area contributed by atoms with E-state index in [0.717, 1.165) is 45.3 Å². The first-order valence-electron chi connectivity index (χ1n) is 12.9. The Morgan fingerprint density at radius 2 is 1.89 bits per heavy atom. The summed E-state index contributed by atoms with van der Waals surface area (Å²) in [6.07, 6.45) is 9.14. The van der Waals surface area contributed by atoms with Gasteiger partial charge in [0.1, 0.15) is 0 Å². The number of carbonyl (C=O) groups excluding carboxylic acids is 1. The van der Waals surface area contributed by atoms with Crippen molar-refractivity contribution in [2.24, 2.45) is 5.92 Å². The van der Waals surface area contributed by atoms with E-state index in [1.807, 2.05) is 4.90 Å². The van der Waals surface area contributed by atoms with Crippen molar-refractivity contribution < 1.29 is 23.5 Å². The molecule has 2 N–H and O–H groups in total. The zero-order chi connectivity index (χ0) is 25.9. The van der Waals surface area contributed by atoms with Gasteiger partial charge in [-0.1, -0.05) is 35.4 Å². The number of carbonyl (C=O) groups is 2. The SMILES string of the molecule is O=C(O)C[C@@H]1CCN(Cc2c(Cl)cccc2C(F)F)C1.O=CNC1CCN(CC2=CCCCC2)CC1. The Hall–Kier alpha value is -2.03. The van der Waals surface area contributed by atoms with Crippen molar-refractivity contribution in [1.29, 1.82) is 0 Å². The summed E-state index contributed by atoms with van der Waals surface area (Å²) in [6.45, 7) is 5.08. The second-order valence-corrected chi connectivity index (χ2v) is 10.4. The Balaban J connectivity index is 0.000000205. The van der Waals surface area contributed by atoms with Gasteiger partial charge in [-0.25, -0.2) is 8.78 Å². The number of halogens is 3. The standard InChI is InChI=1S/C14H16ClF2NO2.C13H22N2O/c15-12-3-1-2-10(14(16)17)11(12)8-18-5-4-9(7-18)6-13(19)20;16-11-14-13-6-8-15(9-7-13)10-12-4-2-1-3-5-12/h1-3,9,14H,4-8H2,(H,19,20);4,11,13H,1-3,5-10H2,(H,14,16)/t9-;/m0./s1. The minimum atomic E-state index is -2.55. The molecule has 2 fully saturated rings. The van der Waals surface area contributed by atoms with Crippen LogP contribution in [-0.2, 0) is 16.1 Å². The Labute approximate surface area is 217 Å². The van der Waals surface area contributed by atoms with E-state index in [1.165, 1.54) is 37.8 Å². The van der Waals surface area contributed by atoms with Crippen LogP contribution < -0.4 is 5.32 Å². The van der Waals surface area contributed by atoms with E-state index in [0.29, 0.717) is 36.3 Å². The summed E-state index contributed by atoms with van der Waals surface area (Å²) in [5.41, 5.74) is 2.03. The molecule has 0 bridgehead atoms. The van der Waals surface area contributed by atoms with Crippen LogP contribution in [0.5, 0.6) is 0 Å². The van der Waals surface area contributed by atoms with Gasteiger partial charge in [0.15, 0.2) is 0 Å². The minimum Gasteiger partial charge on any atom is -0.481 e. The predicted octanol–water partition coefficient (Wildman–Crippen LogP) is 5.27. The Bertz CT molecular complexity index is 891. The summed E-state index contributed by atoms with van der Waals surface area (Å²) in [5.74, 6) is -0.729. The number of carboxylic acids is 1. The van der Waals surface area contributed by atoms with Gasteiger partial charge in [-0.3, -0.25) is 19.4 Å². The lowest BCUT2D eigenvalue weighted by Crippen LogP contribution is -2.42. The second kappa shape index (κ2) is 14.6. The Morgan fingerprint density at radius 3 is 2.53 bits per heavy atom. The minimum absolute atomic E-state index is 0.0424. The number of allylic oxidation sites excluding steroid dienone is 1. The number of benzene rings is 1. The van der Waals surface area contributed by atoms with Crippen LogP contribution in [0.25, 0.3) is 0 Å². The number of amides is 1. The Kier molecular flexibility index (Phi) is 11.6. The third kappa shape index (κ3) is 9.12. The molecule has 0 radical (unpaired) electrons. The van der Waals surface area contributed by atoms with E-state index in [2.05, 4.69) is 16.3 Å². The van der Waals surface area contributed by atoms with Gasteiger partial charge in [0, 0.05) is 55.8 Å². The van der Waals surface area contributed by atoms with Crippen LogP contribution >= 0.6 is 11.6 Å². The number of hydrogen-bond acceptors (Lipinski definition) is 4. The van der Waals surface area contributed by atoms with Gasteiger partial charge >= 0.3 is 5.97 Å². The zero-order valence-electron chi connectivity index (χ0n) is 20.8. The molecule has 1 aromatic carbocycles. The van der Waals surface area contributed by atoms with E-state index in [1.54, 1.807) is 11.6 Å². The van der Waals surface area contributed by atoms with Crippen molar-refractivity contribution in [3.8, 4) is 0 Å². The van der Waals surface area contributed by atoms with Crippen LogP contribution in [-0.4, -0.2) is 66.1 Å². The van der Waals surface area contributed by atoms with Crippen molar-refractivity contribution in [3.05, 3.63) is 46.0 Å². The lowest BCUT2D eigenvalue weighted by atomic mass is 9.98. The fourth-order valence-corrected chi connectivity index (χ4v) is 5.57. The maximum absolute atomic E-state index is 13.0. The predicted molar refractivity (Wildman–Crippen MR) is 137 cm³/mol. The molecule has 1 atom stereocenters. The Morgan fingerprint density at radius 1 is 1.14 bits per heavy atom. The highest BCUT2D eigenvalue weighted by atomic mass is 35.5. The van der Waals surface area contributed by atoms with Crippen LogP contribution in [0, 0.1) is 5.92 Å². The largest absolute Gasteiger partial charge is 0.481 e. The van der Waals surface area contributed by atoms with Crippen molar-refractivity contribution in [1.82, 2.24) is 15.1 Å². The molecule has 0 unspecified atom stereocenters. The molecule has 1 amide bonds. The van der Waals surface area contributed by atoms with Gasteiger partial charge in [-0.05, 0) is 69.0 Å². The highest BCUT2D eigenvalue weighted by Crippen LogP contribution is 2.31. The molecule has 0 aromatic heterocycles. The average Bonchev–Trinajstić information content (AvgIpc) is 3.29. The highest BCUT2D eigenvalue weighted by molar-refractivity contribution is 6.31. The number of nitrogens with zero attached hydrogens (tertiary/aromatic N) is 2. The topological polar surface area (TPSA) is 72.9 Å². The van der Waals surface area contributed by atoms with Crippen molar-refractivity contribution in [3.63, 3.8) is 0 Å². The summed E-state index contributed by atoms with van der Waals surface area (Å²) in [5, 5.41) is 12.0. The number of hydrogen-bond donors (Lipinski definition) is 2. The normalized spacial score (nSPS) is 21.6. The summed E-state index contributed by atoms with van der Waals surface area (Å²) in [7, 11) is 0. The summed E-state index contributed by atoms with van der Waals surface area (Å²) in [6, 6.07) is 4.92. The molecular formula is C27H38ClF2N3O3. The number of alkyl halides is 2. The van der Waals surface area contributed by atoms with Crippen molar-refractivity contribution in [2.45, 2.75) is 70.4 Å². The van der Waals surface area contributed by atoms with E-state index in [-0.39, 0.29) is 17.9 Å². The molecule has 1 aliphatic carbocycles. The van der Waals surface area contributed by atoms with Crippen LogP contribution in [0.2, 0.25) is 5.02 Å². The highest BCUT2D eigenvalue weighted by Gasteiger charge is 2.26.